The van der Waals surface area contributed by atoms with Crippen LogP contribution in [0.2, 0.25) is 0 Å². The van der Waals surface area contributed by atoms with Crippen LogP contribution in [0.25, 0.3) is 0 Å². The van der Waals surface area contributed by atoms with Gasteiger partial charge in [-0.05, 0) is 18.8 Å². The van der Waals surface area contributed by atoms with Gasteiger partial charge in [0.25, 0.3) is 0 Å². The molecule has 1 aliphatic carbocycles. The summed E-state index contributed by atoms with van der Waals surface area (Å²) in [5.41, 5.74) is 0. The first-order chi connectivity index (χ1) is 8.13. The van der Waals surface area contributed by atoms with Gasteiger partial charge in [0.2, 0.25) is 0 Å². The Bertz CT molecular complexity index is 313. The Morgan fingerprint density at radius 1 is 1.41 bits per heavy atom. The van der Waals surface area contributed by atoms with E-state index in [-0.39, 0.29) is 24.6 Å². The van der Waals surface area contributed by atoms with E-state index in [0.29, 0.717) is 12.5 Å². The zero-order valence-corrected chi connectivity index (χ0v) is 10.5. The molecule has 0 aromatic carbocycles. The van der Waals surface area contributed by atoms with Crippen molar-refractivity contribution in [1.29, 1.82) is 0 Å². The first kappa shape index (κ1) is 12.2. The molecule has 2 fully saturated rings. The predicted octanol–water partition coefficient (Wildman–Crippen LogP) is 1.09. The lowest BCUT2D eigenvalue weighted by atomic mass is 9.98. The largest absolute Gasteiger partial charge is 0.468 e. The summed E-state index contributed by atoms with van der Waals surface area (Å²) in [6, 6.07) is 0.224. The van der Waals surface area contributed by atoms with Crippen LogP contribution in [-0.4, -0.2) is 55.1 Å². The summed E-state index contributed by atoms with van der Waals surface area (Å²) < 4.78 is 4.61. The van der Waals surface area contributed by atoms with Gasteiger partial charge in [0.1, 0.15) is 6.54 Å². The van der Waals surface area contributed by atoms with E-state index < -0.39 is 0 Å². The van der Waals surface area contributed by atoms with Crippen LogP contribution in [-0.2, 0) is 9.53 Å². The number of carbonyl (C=O) groups is 2. The molecule has 96 valence electrons. The number of ether oxygens (including phenoxy) is 1. The molecule has 2 amide bonds. The fourth-order valence-electron chi connectivity index (χ4n) is 2.95. The minimum Gasteiger partial charge on any atom is -0.468 e. The van der Waals surface area contributed by atoms with Gasteiger partial charge in [-0.2, -0.15) is 0 Å². The second-order valence-corrected chi connectivity index (χ2v) is 4.96. The molecule has 5 heteroatoms. The zero-order chi connectivity index (χ0) is 12.4. The van der Waals surface area contributed by atoms with Crippen LogP contribution in [0, 0.1) is 5.92 Å². The van der Waals surface area contributed by atoms with Crippen molar-refractivity contribution in [1.82, 2.24) is 9.80 Å². The Morgan fingerprint density at radius 3 is 2.65 bits per heavy atom. The molecule has 1 atom stereocenters. The summed E-state index contributed by atoms with van der Waals surface area (Å²) in [5.74, 6) is 0.255. The van der Waals surface area contributed by atoms with E-state index in [1.807, 2.05) is 7.05 Å². The van der Waals surface area contributed by atoms with Crippen LogP contribution >= 0.6 is 0 Å². The topological polar surface area (TPSA) is 49.9 Å². The van der Waals surface area contributed by atoms with Crippen LogP contribution in [0.3, 0.4) is 0 Å². The molecule has 17 heavy (non-hydrogen) atoms. The molecule has 0 radical (unpaired) electrons. The Hall–Kier alpha value is -1.26. The zero-order valence-electron chi connectivity index (χ0n) is 10.5. The highest BCUT2D eigenvalue weighted by molar-refractivity contribution is 5.82. The number of hydrogen-bond donors (Lipinski definition) is 0. The molecule has 1 heterocycles. The number of urea groups is 1. The van der Waals surface area contributed by atoms with Gasteiger partial charge in [0, 0.05) is 13.6 Å². The Balaban J connectivity index is 1.98. The lowest BCUT2D eigenvalue weighted by Gasteiger charge is -2.23. The van der Waals surface area contributed by atoms with Crippen molar-refractivity contribution >= 4 is 12.0 Å². The van der Waals surface area contributed by atoms with Crippen molar-refractivity contribution in [3.8, 4) is 0 Å². The summed E-state index contributed by atoms with van der Waals surface area (Å²) in [7, 11) is 3.18. The van der Waals surface area contributed by atoms with Crippen molar-refractivity contribution in [2.24, 2.45) is 5.92 Å². The molecular weight excluding hydrogens is 220 g/mol. The Kier molecular flexibility index (Phi) is 3.54. The maximum atomic E-state index is 12.0. The minimum atomic E-state index is -0.348. The van der Waals surface area contributed by atoms with Crippen LogP contribution in [0.5, 0.6) is 0 Å². The number of hydrogen-bond acceptors (Lipinski definition) is 3. The minimum absolute atomic E-state index is 0.0488. The number of nitrogens with zero attached hydrogens (tertiary/aromatic N) is 2. The van der Waals surface area contributed by atoms with E-state index in [1.165, 1.54) is 32.8 Å². The molecule has 0 bridgehead atoms. The van der Waals surface area contributed by atoms with Gasteiger partial charge in [-0.1, -0.05) is 12.8 Å². The van der Waals surface area contributed by atoms with Gasteiger partial charge in [0.05, 0.1) is 13.2 Å². The Labute approximate surface area is 102 Å². The number of carbonyl (C=O) groups excluding carboxylic acids is 2. The maximum absolute atomic E-state index is 12.0. The predicted molar refractivity (Wildman–Crippen MR) is 62.5 cm³/mol. The summed E-state index contributed by atoms with van der Waals surface area (Å²) in [6.07, 6.45) is 4.93. The number of rotatable bonds is 3. The average molecular weight is 240 g/mol. The molecule has 0 spiro atoms. The normalized spacial score (nSPS) is 25.8. The third-order valence-corrected chi connectivity index (χ3v) is 3.97. The van der Waals surface area contributed by atoms with E-state index in [9.17, 15) is 9.59 Å². The lowest BCUT2D eigenvalue weighted by molar-refractivity contribution is -0.141. The monoisotopic (exact) mass is 240 g/mol. The first-order valence-electron chi connectivity index (χ1n) is 6.22. The highest BCUT2D eigenvalue weighted by atomic mass is 16.5. The summed E-state index contributed by atoms with van der Waals surface area (Å²) in [5, 5.41) is 0. The standard InChI is InChI=1S/C12H20N2O3/c1-13-10(9-5-3-4-6-9)7-14(12(13)16)8-11(15)17-2/h9-10H,3-8H2,1-2H3. The van der Waals surface area contributed by atoms with E-state index in [0.717, 1.165) is 0 Å². The van der Waals surface area contributed by atoms with Gasteiger partial charge in [-0.3, -0.25) is 4.79 Å². The van der Waals surface area contributed by atoms with Crippen LogP contribution in [0.4, 0.5) is 4.79 Å². The van der Waals surface area contributed by atoms with Crippen molar-refractivity contribution in [3.63, 3.8) is 0 Å². The summed E-state index contributed by atoms with van der Waals surface area (Å²) in [6.45, 7) is 0.734. The molecule has 2 aliphatic rings. The number of methoxy groups -OCH3 is 1. The van der Waals surface area contributed by atoms with Gasteiger partial charge in [-0.15, -0.1) is 0 Å². The lowest BCUT2D eigenvalue weighted by Crippen LogP contribution is -2.35. The van der Waals surface area contributed by atoms with E-state index in [2.05, 4.69) is 4.74 Å². The molecule has 5 nitrogen and oxygen atoms in total. The Morgan fingerprint density at radius 2 is 2.06 bits per heavy atom. The highest BCUT2D eigenvalue weighted by Crippen LogP contribution is 2.33. The fourth-order valence-corrected chi connectivity index (χ4v) is 2.95. The van der Waals surface area contributed by atoms with Gasteiger partial charge in [0.15, 0.2) is 0 Å². The van der Waals surface area contributed by atoms with Crippen LogP contribution in [0.15, 0.2) is 0 Å². The van der Waals surface area contributed by atoms with E-state index in [4.69, 9.17) is 0 Å². The SMILES string of the molecule is COC(=O)CN1CC(C2CCCC2)N(C)C1=O. The number of likely N-dealkylation sites (N-methyl/N-ethyl adjacent to an activating group) is 1. The van der Waals surface area contributed by atoms with E-state index >= 15 is 0 Å². The van der Waals surface area contributed by atoms with Crippen molar-refractivity contribution < 1.29 is 14.3 Å². The van der Waals surface area contributed by atoms with Crippen molar-refractivity contribution in [3.05, 3.63) is 0 Å². The molecule has 1 unspecified atom stereocenters. The molecule has 0 aromatic rings. The summed E-state index contributed by atoms with van der Waals surface area (Å²) in [4.78, 5) is 26.6. The summed E-state index contributed by atoms with van der Waals surface area (Å²) >= 11 is 0. The van der Waals surface area contributed by atoms with Crippen molar-refractivity contribution in [2.75, 3.05) is 27.2 Å². The molecule has 1 saturated heterocycles. The first-order valence-corrected chi connectivity index (χ1v) is 6.22. The van der Waals surface area contributed by atoms with Crippen LogP contribution in [0.1, 0.15) is 25.7 Å². The van der Waals surface area contributed by atoms with Gasteiger partial charge < -0.3 is 14.5 Å². The van der Waals surface area contributed by atoms with Crippen LogP contribution < -0.4 is 0 Å². The molecular formula is C12H20N2O3. The molecule has 2 rings (SSSR count). The number of esters is 1. The average Bonchev–Trinajstić information content (AvgIpc) is 2.92. The molecule has 0 aromatic heterocycles. The highest BCUT2D eigenvalue weighted by Gasteiger charge is 2.40. The van der Waals surface area contributed by atoms with E-state index in [1.54, 1.807) is 9.80 Å². The van der Waals surface area contributed by atoms with Crippen molar-refractivity contribution in [2.45, 2.75) is 31.7 Å². The number of amides is 2. The third-order valence-electron chi connectivity index (χ3n) is 3.97. The fraction of sp³-hybridized carbons (Fsp3) is 0.833. The smallest absolute Gasteiger partial charge is 0.325 e. The quantitative estimate of drug-likeness (QED) is 0.694. The molecule has 1 saturated carbocycles. The molecule has 0 N–H and O–H groups in total. The second kappa shape index (κ2) is 4.94. The second-order valence-electron chi connectivity index (χ2n) is 4.96. The third kappa shape index (κ3) is 2.37. The maximum Gasteiger partial charge on any atom is 0.325 e. The molecule has 1 aliphatic heterocycles. The van der Waals surface area contributed by atoms with Gasteiger partial charge in [-0.25, -0.2) is 4.79 Å². The van der Waals surface area contributed by atoms with Gasteiger partial charge >= 0.3 is 12.0 Å².